The molecule has 0 aromatic heterocycles. The highest BCUT2D eigenvalue weighted by Crippen LogP contribution is 2.18. The van der Waals surface area contributed by atoms with Crippen molar-refractivity contribution < 1.29 is 0 Å². The molecular formula is C14H20BrN. The van der Waals surface area contributed by atoms with E-state index in [-0.39, 0.29) is 0 Å². The predicted molar refractivity (Wildman–Crippen MR) is 72.8 cm³/mol. The molecule has 1 aromatic carbocycles. The SMILES string of the molecule is Brc1ccccc1CCCN1CCCCC1. The average molecular weight is 282 g/mol. The lowest BCUT2D eigenvalue weighted by Crippen LogP contribution is -2.30. The second-order valence-corrected chi connectivity index (χ2v) is 5.45. The van der Waals surface area contributed by atoms with Crippen LogP contribution in [0, 0.1) is 0 Å². The summed E-state index contributed by atoms with van der Waals surface area (Å²) in [4.78, 5) is 2.61. The molecule has 1 heterocycles. The molecule has 1 saturated heterocycles. The van der Waals surface area contributed by atoms with Gasteiger partial charge in [0, 0.05) is 4.47 Å². The molecule has 88 valence electrons. The van der Waals surface area contributed by atoms with Crippen LogP contribution in [0.15, 0.2) is 28.7 Å². The molecule has 2 rings (SSSR count). The van der Waals surface area contributed by atoms with Crippen molar-refractivity contribution in [1.82, 2.24) is 4.90 Å². The van der Waals surface area contributed by atoms with Crippen LogP contribution in [-0.4, -0.2) is 24.5 Å². The van der Waals surface area contributed by atoms with Crippen molar-refractivity contribution in [3.05, 3.63) is 34.3 Å². The van der Waals surface area contributed by atoms with Crippen LogP contribution in [0.1, 0.15) is 31.2 Å². The Balaban J connectivity index is 1.73. The molecule has 1 aliphatic heterocycles. The average Bonchev–Trinajstić information content (AvgIpc) is 2.33. The molecule has 2 heteroatoms. The maximum atomic E-state index is 3.61. The molecule has 1 aliphatic rings. The van der Waals surface area contributed by atoms with Crippen LogP contribution < -0.4 is 0 Å². The summed E-state index contributed by atoms with van der Waals surface area (Å²) in [5, 5.41) is 0. The normalized spacial score (nSPS) is 17.6. The van der Waals surface area contributed by atoms with E-state index in [4.69, 9.17) is 0 Å². The quantitative estimate of drug-likeness (QED) is 0.810. The minimum atomic E-state index is 1.19. The van der Waals surface area contributed by atoms with Gasteiger partial charge < -0.3 is 4.90 Å². The smallest absolute Gasteiger partial charge is 0.0207 e. The highest BCUT2D eigenvalue weighted by molar-refractivity contribution is 9.10. The topological polar surface area (TPSA) is 3.24 Å². The lowest BCUT2D eigenvalue weighted by Gasteiger charge is -2.26. The van der Waals surface area contributed by atoms with Crippen LogP contribution in [0.3, 0.4) is 0 Å². The molecule has 0 spiro atoms. The molecule has 0 atom stereocenters. The van der Waals surface area contributed by atoms with E-state index in [1.807, 2.05) is 0 Å². The maximum absolute atomic E-state index is 3.61. The molecule has 1 aromatic rings. The Morgan fingerprint density at radius 2 is 1.81 bits per heavy atom. The highest BCUT2D eigenvalue weighted by Gasteiger charge is 2.09. The van der Waals surface area contributed by atoms with Gasteiger partial charge in [0.15, 0.2) is 0 Å². The van der Waals surface area contributed by atoms with Gasteiger partial charge in [0.2, 0.25) is 0 Å². The first-order valence-corrected chi connectivity index (χ1v) is 7.11. The minimum absolute atomic E-state index is 1.19. The molecule has 1 nitrogen and oxygen atoms in total. The van der Waals surface area contributed by atoms with Gasteiger partial charge in [0.1, 0.15) is 0 Å². The first-order valence-electron chi connectivity index (χ1n) is 6.32. The number of benzene rings is 1. The fourth-order valence-electron chi connectivity index (χ4n) is 2.38. The van der Waals surface area contributed by atoms with E-state index >= 15 is 0 Å². The number of aryl methyl sites for hydroxylation is 1. The largest absolute Gasteiger partial charge is 0.303 e. The van der Waals surface area contributed by atoms with Crippen molar-refractivity contribution in [2.45, 2.75) is 32.1 Å². The van der Waals surface area contributed by atoms with Gasteiger partial charge in [-0.3, -0.25) is 0 Å². The first-order chi connectivity index (χ1) is 7.86. The van der Waals surface area contributed by atoms with Crippen molar-refractivity contribution in [3.8, 4) is 0 Å². The molecule has 0 unspecified atom stereocenters. The Morgan fingerprint density at radius 3 is 2.56 bits per heavy atom. The predicted octanol–water partition coefficient (Wildman–Crippen LogP) is 3.87. The summed E-state index contributed by atoms with van der Waals surface area (Å²) in [7, 11) is 0. The summed E-state index contributed by atoms with van der Waals surface area (Å²) in [6.45, 7) is 3.90. The first kappa shape index (κ1) is 12.1. The summed E-state index contributed by atoms with van der Waals surface area (Å²) in [6, 6.07) is 8.57. The van der Waals surface area contributed by atoms with Gasteiger partial charge in [0.25, 0.3) is 0 Å². The van der Waals surface area contributed by atoms with Crippen molar-refractivity contribution >= 4 is 15.9 Å². The monoisotopic (exact) mass is 281 g/mol. The van der Waals surface area contributed by atoms with E-state index in [0.717, 1.165) is 0 Å². The van der Waals surface area contributed by atoms with Crippen LogP contribution in [0.5, 0.6) is 0 Å². The molecular weight excluding hydrogens is 262 g/mol. The number of rotatable bonds is 4. The third-order valence-electron chi connectivity index (χ3n) is 3.33. The summed E-state index contributed by atoms with van der Waals surface area (Å²) in [5.41, 5.74) is 1.44. The van der Waals surface area contributed by atoms with Gasteiger partial charge >= 0.3 is 0 Å². The highest BCUT2D eigenvalue weighted by atomic mass is 79.9. The van der Waals surface area contributed by atoms with E-state index in [9.17, 15) is 0 Å². The number of likely N-dealkylation sites (tertiary alicyclic amines) is 1. The van der Waals surface area contributed by atoms with Crippen LogP contribution in [0.2, 0.25) is 0 Å². The number of halogens is 1. The lowest BCUT2D eigenvalue weighted by atomic mass is 10.1. The Kier molecular flexibility index (Phi) is 4.86. The van der Waals surface area contributed by atoms with E-state index < -0.39 is 0 Å². The van der Waals surface area contributed by atoms with Crippen molar-refractivity contribution in [1.29, 1.82) is 0 Å². The van der Waals surface area contributed by atoms with Gasteiger partial charge in [-0.05, 0) is 56.9 Å². The molecule has 0 aliphatic carbocycles. The number of nitrogens with zero attached hydrogens (tertiary/aromatic N) is 1. The summed E-state index contributed by atoms with van der Waals surface area (Å²) < 4.78 is 1.26. The molecule has 0 N–H and O–H groups in total. The molecule has 0 bridgehead atoms. The van der Waals surface area contributed by atoms with Gasteiger partial charge in [-0.15, -0.1) is 0 Å². The van der Waals surface area contributed by atoms with Crippen LogP contribution in [-0.2, 0) is 6.42 Å². The fourth-order valence-corrected chi connectivity index (χ4v) is 2.86. The second-order valence-electron chi connectivity index (χ2n) is 4.60. The molecule has 16 heavy (non-hydrogen) atoms. The Morgan fingerprint density at radius 1 is 1.06 bits per heavy atom. The van der Waals surface area contributed by atoms with Gasteiger partial charge in [-0.1, -0.05) is 40.5 Å². The third-order valence-corrected chi connectivity index (χ3v) is 4.10. The summed E-state index contributed by atoms with van der Waals surface area (Å²) in [5.74, 6) is 0. The number of hydrogen-bond acceptors (Lipinski definition) is 1. The Hall–Kier alpha value is -0.340. The van der Waals surface area contributed by atoms with Crippen molar-refractivity contribution in [2.24, 2.45) is 0 Å². The second kappa shape index (κ2) is 6.41. The lowest BCUT2D eigenvalue weighted by molar-refractivity contribution is 0.226. The maximum Gasteiger partial charge on any atom is 0.0207 e. The molecule has 0 radical (unpaired) electrons. The standard InChI is InChI=1S/C14H20BrN/c15-14-9-3-2-7-13(14)8-6-12-16-10-4-1-5-11-16/h2-3,7,9H,1,4-6,8,10-12H2. The molecule has 1 fully saturated rings. The van der Waals surface area contributed by atoms with Crippen LogP contribution >= 0.6 is 15.9 Å². The van der Waals surface area contributed by atoms with Crippen LogP contribution in [0.25, 0.3) is 0 Å². The zero-order chi connectivity index (χ0) is 11.2. The van der Waals surface area contributed by atoms with Gasteiger partial charge in [-0.2, -0.15) is 0 Å². The fraction of sp³-hybridized carbons (Fsp3) is 0.571. The van der Waals surface area contributed by atoms with E-state index in [1.54, 1.807) is 0 Å². The van der Waals surface area contributed by atoms with Crippen molar-refractivity contribution in [2.75, 3.05) is 19.6 Å². The van der Waals surface area contributed by atoms with Gasteiger partial charge in [-0.25, -0.2) is 0 Å². The zero-order valence-corrected chi connectivity index (χ0v) is 11.4. The van der Waals surface area contributed by atoms with Crippen LogP contribution in [0.4, 0.5) is 0 Å². The number of piperidine rings is 1. The van der Waals surface area contributed by atoms with Crippen molar-refractivity contribution in [3.63, 3.8) is 0 Å². The van der Waals surface area contributed by atoms with Gasteiger partial charge in [0.05, 0.1) is 0 Å². The molecule has 0 amide bonds. The summed E-state index contributed by atoms with van der Waals surface area (Å²) >= 11 is 3.61. The number of hydrogen-bond donors (Lipinski definition) is 0. The zero-order valence-electron chi connectivity index (χ0n) is 9.79. The Bertz CT molecular complexity index is 318. The van der Waals surface area contributed by atoms with E-state index in [1.165, 1.54) is 61.8 Å². The molecule has 0 saturated carbocycles. The van der Waals surface area contributed by atoms with E-state index in [2.05, 4.69) is 45.1 Å². The van der Waals surface area contributed by atoms with E-state index in [0.29, 0.717) is 0 Å². The summed E-state index contributed by atoms with van der Waals surface area (Å²) in [6.07, 6.45) is 6.70. The third kappa shape index (κ3) is 3.60. The minimum Gasteiger partial charge on any atom is -0.303 e. The Labute approximate surface area is 107 Å².